The molecule has 0 aromatic rings. The number of Topliss-reactive ketones (excluding diaryl/α,β-unsaturated/α-hetero) is 1. The first-order valence-electron chi connectivity index (χ1n) is 4.63. The normalized spacial score (nSPS) is 20.3. The first kappa shape index (κ1) is 12.6. The highest BCUT2D eigenvalue weighted by Gasteiger charge is 2.26. The van der Waals surface area contributed by atoms with Crippen molar-refractivity contribution in [1.82, 2.24) is 5.32 Å². The summed E-state index contributed by atoms with van der Waals surface area (Å²) in [5, 5.41) is 2.70. The molecule has 0 radical (unpaired) electrons. The molecule has 1 amide bonds. The number of carbonyl (C=O) groups is 3. The molecule has 1 heterocycles. The Balaban J connectivity index is 2.18. The fourth-order valence-corrected chi connectivity index (χ4v) is 2.74. The third kappa shape index (κ3) is 4.70. The number of rotatable bonds is 5. The van der Waals surface area contributed by atoms with E-state index in [0.29, 0.717) is 12.2 Å². The largest absolute Gasteiger partial charge is 0.345 e. The van der Waals surface area contributed by atoms with Gasteiger partial charge in [-0.1, -0.05) is 11.8 Å². The Morgan fingerprint density at radius 3 is 2.80 bits per heavy atom. The number of ketones is 1. The van der Waals surface area contributed by atoms with Crippen LogP contribution >= 0.6 is 23.5 Å². The van der Waals surface area contributed by atoms with Crippen molar-refractivity contribution in [3.63, 3.8) is 0 Å². The second-order valence-corrected chi connectivity index (χ2v) is 5.36. The van der Waals surface area contributed by atoms with Gasteiger partial charge in [-0.25, -0.2) is 0 Å². The molecule has 1 aliphatic rings. The maximum atomic E-state index is 11.3. The van der Waals surface area contributed by atoms with Crippen LogP contribution < -0.4 is 5.32 Å². The van der Waals surface area contributed by atoms with Crippen LogP contribution in [0.25, 0.3) is 0 Å². The van der Waals surface area contributed by atoms with Gasteiger partial charge in [-0.15, -0.1) is 11.8 Å². The Bertz CT molecular complexity index is 281. The van der Waals surface area contributed by atoms with Gasteiger partial charge in [0.15, 0.2) is 0 Å². The van der Waals surface area contributed by atoms with Gasteiger partial charge in [0.1, 0.15) is 5.78 Å². The SMILES string of the molecule is CC(=O)CSCC(=O)NC1CCSC1=O. The van der Waals surface area contributed by atoms with Crippen molar-refractivity contribution in [2.75, 3.05) is 17.3 Å². The van der Waals surface area contributed by atoms with E-state index in [1.165, 1.54) is 30.4 Å². The molecule has 4 nitrogen and oxygen atoms in total. The van der Waals surface area contributed by atoms with Gasteiger partial charge in [0, 0.05) is 5.75 Å². The molecule has 0 aromatic carbocycles. The second kappa shape index (κ2) is 6.17. The number of thioether (sulfide) groups is 2. The van der Waals surface area contributed by atoms with Crippen LogP contribution in [-0.4, -0.2) is 40.1 Å². The second-order valence-electron chi connectivity index (χ2n) is 3.27. The fraction of sp³-hybridized carbons (Fsp3) is 0.667. The molecule has 15 heavy (non-hydrogen) atoms. The van der Waals surface area contributed by atoms with Crippen molar-refractivity contribution in [3.05, 3.63) is 0 Å². The number of carbonyl (C=O) groups excluding carboxylic acids is 3. The van der Waals surface area contributed by atoms with Crippen LogP contribution in [0.5, 0.6) is 0 Å². The van der Waals surface area contributed by atoms with E-state index < -0.39 is 0 Å². The lowest BCUT2D eigenvalue weighted by Gasteiger charge is -2.09. The molecule has 1 saturated heterocycles. The summed E-state index contributed by atoms with van der Waals surface area (Å²) < 4.78 is 0. The van der Waals surface area contributed by atoms with E-state index in [1.54, 1.807) is 0 Å². The molecule has 0 aliphatic carbocycles. The summed E-state index contributed by atoms with van der Waals surface area (Å²) in [6.07, 6.45) is 0.715. The number of hydrogen-bond donors (Lipinski definition) is 1. The summed E-state index contributed by atoms with van der Waals surface area (Å²) in [5.74, 6) is 1.27. The zero-order valence-electron chi connectivity index (χ0n) is 8.45. The third-order valence-electron chi connectivity index (χ3n) is 1.81. The Labute approximate surface area is 96.9 Å². The molecule has 1 atom stereocenters. The van der Waals surface area contributed by atoms with Crippen LogP contribution in [0.3, 0.4) is 0 Å². The van der Waals surface area contributed by atoms with Crippen molar-refractivity contribution < 1.29 is 14.4 Å². The van der Waals surface area contributed by atoms with E-state index >= 15 is 0 Å². The Hall–Kier alpha value is -0.490. The third-order valence-corrected chi connectivity index (χ3v) is 3.89. The number of hydrogen-bond acceptors (Lipinski definition) is 5. The lowest BCUT2D eigenvalue weighted by molar-refractivity contribution is -0.122. The van der Waals surface area contributed by atoms with Crippen LogP contribution in [0.4, 0.5) is 0 Å². The fourth-order valence-electron chi connectivity index (χ4n) is 1.15. The van der Waals surface area contributed by atoms with Crippen LogP contribution in [0, 0.1) is 0 Å². The summed E-state index contributed by atoms with van der Waals surface area (Å²) in [7, 11) is 0. The molecule has 1 rings (SSSR count). The Morgan fingerprint density at radius 2 is 2.27 bits per heavy atom. The average molecular weight is 247 g/mol. The molecule has 0 aromatic heterocycles. The smallest absolute Gasteiger partial charge is 0.230 e. The van der Waals surface area contributed by atoms with Crippen LogP contribution in [0.15, 0.2) is 0 Å². The summed E-state index contributed by atoms with van der Waals surface area (Å²) in [6, 6.07) is -0.319. The molecule has 0 bridgehead atoms. The van der Waals surface area contributed by atoms with Gasteiger partial charge in [-0.05, 0) is 13.3 Å². The minimum Gasteiger partial charge on any atom is -0.345 e. The van der Waals surface area contributed by atoms with Crippen LogP contribution in [0.1, 0.15) is 13.3 Å². The standard InChI is InChI=1S/C9H13NO3S2/c1-6(11)4-14-5-8(12)10-7-2-3-15-9(7)13/h7H,2-5H2,1H3,(H,10,12). The summed E-state index contributed by atoms with van der Waals surface area (Å²) in [5.41, 5.74) is 0. The van der Waals surface area contributed by atoms with Crippen molar-refractivity contribution in [3.8, 4) is 0 Å². The summed E-state index contributed by atoms with van der Waals surface area (Å²) in [6.45, 7) is 1.49. The molecule has 1 fully saturated rings. The van der Waals surface area contributed by atoms with Gasteiger partial charge in [0.2, 0.25) is 11.0 Å². The quantitative estimate of drug-likeness (QED) is 0.764. The van der Waals surface area contributed by atoms with Crippen LogP contribution in [0.2, 0.25) is 0 Å². The minimum absolute atomic E-state index is 0.0416. The molecule has 84 valence electrons. The first-order valence-corrected chi connectivity index (χ1v) is 6.77. The van der Waals surface area contributed by atoms with Crippen molar-refractivity contribution in [2.24, 2.45) is 0 Å². The molecule has 1 aliphatic heterocycles. The predicted octanol–water partition coefficient (Wildman–Crippen LogP) is 0.457. The molecular weight excluding hydrogens is 234 g/mol. The van der Waals surface area contributed by atoms with Crippen LogP contribution in [-0.2, 0) is 14.4 Å². The lowest BCUT2D eigenvalue weighted by atomic mass is 10.2. The zero-order valence-corrected chi connectivity index (χ0v) is 10.1. The highest BCUT2D eigenvalue weighted by Crippen LogP contribution is 2.19. The van der Waals surface area contributed by atoms with Crippen molar-refractivity contribution >= 4 is 40.3 Å². The summed E-state index contributed by atoms with van der Waals surface area (Å²) in [4.78, 5) is 33.1. The molecule has 1 N–H and O–H groups in total. The molecule has 1 unspecified atom stereocenters. The van der Waals surface area contributed by atoms with Gasteiger partial charge in [0.05, 0.1) is 17.5 Å². The first-order chi connectivity index (χ1) is 7.09. The number of amides is 1. The number of nitrogens with one attached hydrogen (secondary N) is 1. The zero-order chi connectivity index (χ0) is 11.3. The molecule has 6 heteroatoms. The minimum atomic E-state index is -0.319. The average Bonchev–Trinajstić information content (AvgIpc) is 2.51. The highest BCUT2D eigenvalue weighted by atomic mass is 32.2. The van der Waals surface area contributed by atoms with E-state index in [0.717, 1.165) is 5.75 Å². The molecule has 0 spiro atoms. The van der Waals surface area contributed by atoms with E-state index in [-0.39, 0.29) is 28.6 Å². The maximum absolute atomic E-state index is 11.3. The van der Waals surface area contributed by atoms with Gasteiger partial charge < -0.3 is 5.32 Å². The van der Waals surface area contributed by atoms with Crippen molar-refractivity contribution in [2.45, 2.75) is 19.4 Å². The van der Waals surface area contributed by atoms with E-state index in [2.05, 4.69) is 5.32 Å². The van der Waals surface area contributed by atoms with E-state index in [4.69, 9.17) is 0 Å². The van der Waals surface area contributed by atoms with Gasteiger partial charge >= 0.3 is 0 Å². The monoisotopic (exact) mass is 247 g/mol. The van der Waals surface area contributed by atoms with Crippen molar-refractivity contribution in [1.29, 1.82) is 0 Å². The highest BCUT2D eigenvalue weighted by molar-refractivity contribution is 8.14. The van der Waals surface area contributed by atoms with Gasteiger partial charge in [0.25, 0.3) is 0 Å². The lowest BCUT2D eigenvalue weighted by Crippen LogP contribution is -2.38. The topological polar surface area (TPSA) is 63.2 Å². The molecule has 0 saturated carbocycles. The summed E-state index contributed by atoms with van der Waals surface area (Å²) >= 11 is 2.54. The predicted molar refractivity (Wildman–Crippen MR) is 62.0 cm³/mol. The maximum Gasteiger partial charge on any atom is 0.230 e. The van der Waals surface area contributed by atoms with Gasteiger partial charge in [-0.3, -0.25) is 14.4 Å². The van der Waals surface area contributed by atoms with E-state index in [9.17, 15) is 14.4 Å². The van der Waals surface area contributed by atoms with Gasteiger partial charge in [-0.2, -0.15) is 0 Å². The molecular formula is C9H13NO3S2. The van der Waals surface area contributed by atoms with E-state index in [1.807, 2.05) is 0 Å². The Morgan fingerprint density at radius 1 is 1.53 bits per heavy atom. The Kier molecular flexibility index (Phi) is 5.17.